The predicted molar refractivity (Wildman–Crippen MR) is 92.8 cm³/mol. The molecule has 0 saturated heterocycles. The number of benzene rings is 2. The van der Waals surface area contributed by atoms with Crippen LogP contribution < -0.4 is 5.32 Å². The van der Waals surface area contributed by atoms with Crippen LogP contribution in [0, 0.1) is 12.7 Å². The van der Waals surface area contributed by atoms with Gasteiger partial charge in [0.2, 0.25) is 17.7 Å². The Balaban J connectivity index is 1.58. The monoisotopic (exact) mass is 359 g/mol. The number of aromatic nitrogens is 2. The van der Waals surface area contributed by atoms with Gasteiger partial charge in [0.15, 0.2) is 0 Å². The molecule has 5 nitrogen and oxygen atoms in total. The summed E-state index contributed by atoms with van der Waals surface area (Å²) >= 11 is 5.90. The normalized spacial score (nSPS) is 10.7. The molecule has 3 aromatic rings. The van der Waals surface area contributed by atoms with Gasteiger partial charge >= 0.3 is 0 Å². The summed E-state index contributed by atoms with van der Waals surface area (Å²) in [5.41, 5.74) is 2.23. The van der Waals surface area contributed by atoms with E-state index in [1.165, 1.54) is 12.1 Å². The van der Waals surface area contributed by atoms with Gasteiger partial charge in [0.25, 0.3) is 0 Å². The lowest BCUT2D eigenvalue weighted by atomic mass is 10.2. The van der Waals surface area contributed by atoms with E-state index in [1.54, 1.807) is 30.3 Å². The molecular weight excluding hydrogens is 345 g/mol. The van der Waals surface area contributed by atoms with E-state index in [2.05, 4.69) is 15.5 Å². The fraction of sp³-hybridized carbons (Fsp3) is 0.167. The highest BCUT2D eigenvalue weighted by molar-refractivity contribution is 6.30. The molecule has 1 amide bonds. The van der Waals surface area contributed by atoms with E-state index in [9.17, 15) is 9.18 Å². The maximum atomic E-state index is 12.9. The van der Waals surface area contributed by atoms with Gasteiger partial charge in [-0.1, -0.05) is 11.6 Å². The third kappa shape index (κ3) is 4.42. The third-order valence-electron chi connectivity index (χ3n) is 3.59. The van der Waals surface area contributed by atoms with Gasteiger partial charge in [0, 0.05) is 29.1 Å². The van der Waals surface area contributed by atoms with Crippen LogP contribution in [-0.2, 0) is 11.2 Å². The van der Waals surface area contributed by atoms with Crippen LogP contribution in [0.2, 0.25) is 5.02 Å². The molecule has 0 aliphatic heterocycles. The molecular formula is C18H15ClFN3O2. The number of nitrogens with one attached hydrogen (secondary N) is 1. The Labute approximate surface area is 148 Å². The Bertz CT molecular complexity index is 894. The van der Waals surface area contributed by atoms with Crippen LogP contribution in [0.1, 0.15) is 17.9 Å². The average Bonchev–Trinajstić information content (AvgIpc) is 3.05. The smallest absolute Gasteiger partial charge is 0.247 e. The van der Waals surface area contributed by atoms with Crippen molar-refractivity contribution in [3.63, 3.8) is 0 Å². The van der Waals surface area contributed by atoms with E-state index >= 15 is 0 Å². The second-order valence-corrected chi connectivity index (χ2v) is 5.95. The summed E-state index contributed by atoms with van der Waals surface area (Å²) in [6, 6.07) is 11.0. The summed E-state index contributed by atoms with van der Waals surface area (Å²) in [6.45, 7) is 1.87. The number of amides is 1. The Morgan fingerprint density at radius 2 is 1.96 bits per heavy atom. The van der Waals surface area contributed by atoms with E-state index in [4.69, 9.17) is 16.0 Å². The van der Waals surface area contributed by atoms with Gasteiger partial charge in [-0.3, -0.25) is 4.79 Å². The van der Waals surface area contributed by atoms with Gasteiger partial charge in [-0.05, 0) is 55.0 Å². The molecule has 2 aromatic carbocycles. The average molecular weight is 360 g/mol. The number of nitrogens with zero attached hydrogens (tertiary/aromatic N) is 2. The van der Waals surface area contributed by atoms with Crippen LogP contribution >= 0.6 is 11.6 Å². The van der Waals surface area contributed by atoms with Crippen molar-refractivity contribution in [2.45, 2.75) is 19.8 Å². The number of carbonyl (C=O) groups excluding carboxylic acids is 1. The molecule has 0 unspecified atom stereocenters. The van der Waals surface area contributed by atoms with Crippen molar-refractivity contribution in [2.75, 3.05) is 5.32 Å². The van der Waals surface area contributed by atoms with Gasteiger partial charge in [-0.15, -0.1) is 10.2 Å². The molecule has 0 spiro atoms. The first-order chi connectivity index (χ1) is 12.0. The Morgan fingerprint density at radius 3 is 2.68 bits per heavy atom. The number of hydrogen-bond acceptors (Lipinski definition) is 4. The van der Waals surface area contributed by atoms with Crippen molar-refractivity contribution in [2.24, 2.45) is 0 Å². The predicted octanol–water partition coefficient (Wildman–Crippen LogP) is 4.41. The zero-order valence-electron chi connectivity index (χ0n) is 13.4. The van der Waals surface area contributed by atoms with E-state index in [0.29, 0.717) is 34.5 Å². The summed E-state index contributed by atoms with van der Waals surface area (Å²) in [7, 11) is 0. The highest BCUT2D eigenvalue weighted by Crippen LogP contribution is 2.21. The van der Waals surface area contributed by atoms with Gasteiger partial charge in [-0.2, -0.15) is 0 Å². The van der Waals surface area contributed by atoms with Crippen molar-refractivity contribution in [3.05, 3.63) is 64.8 Å². The number of halogens is 2. The first-order valence-electron chi connectivity index (χ1n) is 7.65. The standard InChI is InChI=1S/C18H15ClFN3O2/c1-11-10-13(19)4-7-15(11)21-16(24)8-9-17-22-23-18(25-17)12-2-5-14(20)6-3-12/h2-7,10H,8-9H2,1H3,(H,21,24). The quantitative estimate of drug-likeness (QED) is 0.732. The lowest BCUT2D eigenvalue weighted by Gasteiger charge is -2.07. The molecule has 0 aliphatic carbocycles. The van der Waals surface area contributed by atoms with E-state index in [0.717, 1.165) is 5.56 Å². The lowest BCUT2D eigenvalue weighted by molar-refractivity contribution is -0.116. The lowest BCUT2D eigenvalue weighted by Crippen LogP contribution is -2.13. The molecule has 0 aliphatic rings. The summed E-state index contributed by atoms with van der Waals surface area (Å²) in [5, 5.41) is 11.3. The Hall–Kier alpha value is -2.73. The summed E-state index contributed by atoms with van der Waals surface area (Å²) < 4.78 is 18.4. The molecule has 0 atom stereocenters. The van der Waals surface area contributed by atoms with Crippen LogP contribution in [0.5, 0.6) is 0 Å². The number of anilines is 1. The van der Waals surface area contributed by atoms with Gasteiger partial charge in [-0.25, -0.2) is 4.39 Å². The largest absolute Gasteiger partial charge is 0.421 e. The number of rotatable bonds is 5. The van der Waals surface area contributed by atoms with Gasteiger partial charge in [0.05, 0.1) is 0 Å². The maximum Gasteiger partial charge on any atom is 0.247 e. The number of aryl methyl sites for hydroxylation is 2. The fourth-order valence-electron chi connectivity index (χ4n) is 2.26. The number of hydrogen-bond donors (Lipinski definition) is 1. The number of carbonyl (C=O) groups is 1. The molecule has 7 heteroatoms. The van der Waals surface area contributed by atoms with Crippen molar-refractivity contribution < 1.29 is 13.6 Å². The zero-order valence-corrected chi connectivity index (χ0v) is 14.2. The molecule has 0 bridgehead atoms. The Morgan fingerprint density at radius 1 is 1.20 bits per heavy atom. The SMILES string of the molecule is Cc1cc(Cl)ccc1NC(=O)CCc1nnc(-c2ccc(F)cc2)o1. The molecule has 128 valence electrons. The van der Waals surface area contributed by atoms with Crippen molar-refractivity contribution >= 4 is 23.2 Å². The minimum atomic E-state index is -0.336. The summed E-state index contributed by atoms with van der Waals surface area (Å²) in [6.07, 6.45) is 0.514. The van der Waals surface area contributed by atoms with Crippen LogP contribution in [0.25, 0.3) is 11.5 Å². The molecule has 3 rings (SSSR count). The molecule has 1 aromatic heterocycles. The van der Waals surface area contributed by atoms with Gasteiger partial charge < -0.3 is 9.73 Å². The molecule has 0 radical (unpaired) electrons. The van der Waals surface area contributed by atoms with Gasteiger partial charge in [0.1, 0.15) is 5.82 Å². The molecule has 0 fully saturated rings. The van der Waals surface area contributed by atoms with Crippen LogP contribution in [0.4, 0.5) is 10.1 Å². The molecule has 0 saturated carbocycles. The second kappa shape index (κ2) is 7.44. The first kappa shape index (κ1) is 17.1. The minimum absolute atomic E-state index is 0.160. The molecule has 1 heterocycles. The second-order valence-electron chi connectivity index (χ2n) is 5.52. The highest BCUT2D eigenvalue weighted by Gasteiger charge is 2.11. The van der Waals surface area contributed by atoms with Crippen molar-refractivity contribution in [1.29, 1.82) is 0 Å². The van der Waals surface area contributed by atoms with Crippen LogP contribution in [-0.4, -0.2) is 16.1 Å². The summed E-state index contributed by atoms with van der Waals surface area (Å²) in [5.74, 6) is 0.149. The van der Waals surface area contributed by atoms with Crippen LogP contribution in [0.3, 0.4) is 0 Å². The van der Waals surface area contributed by atoms with Crippen molar-refractivity contribution in [3.8, 4) is 11.5 Å². The third-order valence-corrected chi connectivity index (χ3v) is 3.82. The fourth-order valence-corrected chi connectivity index (χ4v) is 2.49. The van der Waals surface area contributed by atoms with Crippen molar-refractivity contribution in [1.82, 2.24) is 10.2 Å². The topological polar surface area (TPSA) is 68.0 Å². The minimum Gasteiger partial charge on any atom is -0.421 e. The summed E-state index contributed by atoms with van der Waals surface area (Å²) in [4.78, 5) is 12.1. The zero-order chi connectivity index (χ0) is 17.8. The maximum absolute atomic E-state index is 12.9. The first-order valence-corrected chi connectivity index (χ1v) is 8.03. The Kier molecular flexibility index (Phi) is 5.09. The van der Waals surface area contributed by atoms with Crippen LogP contribution in [0.15, 0.2) is 46.9 Å². The molecule has 25 heavy (non-hydrogen) atoms. The highest BCUT2D eigenvalue weighted by atomic mass is 35.5. The van der Waals surface area contributed by atoms with E-state index < -0.39 is 0 Å². The van der Waals surface area contributed by atoms with E-state index in [1.807, 2.05) is 6.92 Å². The van der Waals surface area contributed by atoms with E-state index in [-0.39, 0.29) is 18.1 Å². The molecule has 1 N–H and O–H groups in total.